The minimum Gasteiger partial charge on any atom is -0.271 e. The van der Waals surface area contributed by atoms with Crippen LogP contribution >= 0.6 is 11.6 Å². The molecule has 0 saturated heterocycles. The zero-order valence-corrected chi connectivity index (χ0v) is 17.8. The van der Waals surface area contributed by atoms with E-state index in [1.165, 1.54) is 18.3 Å². The molecule has 0 atom stereocenters. The molecule has 0 aliphatic heterocycles. The van der Waals surface area contributed by atoms with Crippen LogP contribution < -0.4 is 9.73 Å². The number of hydrazone groups is 1. The molecule has 0 radical (unpaired) electrons. The zero-order chi connectivity index (χ0) is 21.6. The van der Waals surface area contributed by atoms with E-state index in [1.54, 1.807) is 66.7 Å². The second kappa shape index (κ2) is 9.56. The van der Waals surface area contributed by atoms with Crippen LogP contribution in [0.2, 0.25) is 5.02 Å². The van der Waals surface area contributed by atoms with Gasteiger partial charge in [0.1, 0.15) is 6.54 Å². The maximum atomic E-state index is 13.2. The smallest absolute Gasteiger partial charge is 0.264 e. The van der Waals surface area contributed by atoms with Crippen molar-refractivity contribution in [3.05, 3.63) is 95.0 Å². The number of anilines is 1. The van der Waals surface area contributed by atoms with Gasteiger partial charge in [-0.2, -0.15) is 5.10 Å². The highest BCUT2D eigenvalue weighted by atomic mass is 35.5. The van der Waals surface area contributed by atoms with Gasteiger partial charge in [0, 0.05) is 10.6 Å². The topological polar surface area (TPSA) is 78.8 Å². The molecule has 3 aromatic carbocycles. The minimum atomic E-state index is -3.95. The van der Waals surface area contributed by atoms with Crippen LogP contribution in [0.5, 0.6) is 0 Å². The quantitative estimate of drug-likeness (QED) is 0.444. The first-order valence-corrected chi connectivity index (χ1v) is 10.9. The minimum absolute atomic E-state index is 0.0953. The Kier molecular flexibility index (Phi) is 6.87. The lowest BCUT2D eigenvalue weighted by Gasteiger charge is -2.23. The van der Waals surface area contributed by atoms with E-state index in [1.807, 2.05) is 6.92 Å². The molecule has 6 nitrogen and oxygen atoms in total. The van der Waals surface area contributed by atoms with Crippen molar-refractivity contribution in [1.82, 2.24) is 5.43 Å². The van der Waals surface area contributed by atoms with Crippen molar-refractivity contribution in [2.45, 2.75) is 11.8 Å². The van der Waals surface area contributed by atoms with Crippen LogP contribution in [0.1, 0.15) is 11.1 Å². The van der Waals surface area contributed by atoms with Crippen LogP contribution in [0.4, 0.5) is 5.69 Å². The average molecular weight is 442 g/mol. The molecule has 0 aliphatic rings. The number of rotatable bonds is 7. The van der Waals surface area contributed by atoms with Crippen LogP contribution in [-0.4, -0.2) is 27.1 Å². The number of carbonyl (C=O) groups excluding carboxylic acids is 1. The molecule has 0 aliphatic carbocycles. The van der Waals surface area contributed by atoms with Gasteiger partial charge >= 0.3 is 0 Å². The second-order valence-corrected chi connectivity index (χ2v) is 8.74. The summed E-state index contributed by atoms with van der Waals surface area (Å²) in [5.41, 5.74) is 4.35. The molecule has 0 spiro atoms. The van der Waals surface area contributed by atoms with Crippen molar-refractivity contribution >= 4 is 39.4 Å². The van der Waals surface area contributed by atoms with Crippen LogP contribution in [0, 0.1) is 6.92 Å². The molecule has 0 heterocycles. The van der Waals surface area contributed by atoms with E-state index in [9.17, 15) is 13.2 Å². The van der Waals surface area contributed by atoms with Crippen molar-refractivity contribution in [3.8, 4) is 0 Å². The van der Waals surface area contributed by atoms with Crippen molar-refractivity contribution in [3.63, 3.8) is 0 Å². The summed E-state index contributed by atoms with van der Waals surface area (Å²) in [7, 11) is -3.95. The number of sulfonamides is 1. The molecule has 1 amide bonds. The lowest BCUT2D eigenvalue weighted by atomic mass is 10.2. The molecule has 1 N–H and O–H groups in total. The summed E-state index contributed by atoms with van der Waals surface area (Å²) >= 11 is 6.05. The Morgan fingerprint density at radius 3 is 2.30 bits per heavy atom. The van der Waals surface area contributed by atoms with E-state index in [4.69, 9.17) is 11.6 Å². The van der Waals surface area contributed by atoms with E-state index in [2.05, 4.69) is 10.5 Å². The van der Waals surface area contributed by atoms with Crippen LogP contribution in [0.25, 0.3) is 0 Å². The summed E-state index contributed by atoms with van der Waals surface area (Å²) in [4.78, 5) is 12.6. The first kappa shape index (κ1) is 21.5. The Morgan fingerprint density at radius 2 is 1.63 bits per heavy atom. The van der Waals surface area contributed by atoms with Gasteiger partial charge in [-0.3, -0.25) is 9.10 Å². The number of benzene rings is 3. The summed E-state index contributed by atoms with van der Waals surface area (Å²) in [6.45, 7) is 1.47. The SMILES string of the molecule is Cc1ccc(N(CC(=O)NN=Cc2ccccc2Cl)S(=O)(=O)c2ccccc2)cc1. The standard InChI is InChI=1S/C22H20ClN3O3S/c1-17-11-13-19(14-12-17)26(30(28,29)20-8-3-2-4-9-20)16-22(27)25-24-15-18-7-5-6-10-21(18)23/h2-15H,16H2,1H3,(H,25,27). The molecule has 0 bridgehead atoms. The van der Waals surface area contributed by atoms with Gasteiger partial charge in [-0.25, -0.2) is 13.8 Å². The molecular formula is C22H20ClN3O3S. The molecule has 3 aromatic rings. The highest BCUT2D eigenvalue weighted by molar-refractivity contribution is 7.92. The monoisotopic (exact) mass is 441 g/mol. The lowest BCUT2D eigenvalue weighted by molar-refractivity contribution is -0.119. The fraction of sp³-hybridized carbons (Fsp3) is 0.0909. The first-order chi connectivity index (χ1) is 14.4. The van der Waals surface area contributed by atoms with E-state index >= 15 is 0 Å². The third-order valence-corrected chi connectivity index (χ3v) is 6.37. The Morgan fingerprint density at radius 1 is 1.00 bits per heavy atom. The van der Waals surface area contributed by atoms with Gasteiger partial charge in [-0.15, -0.1) is 0 Å². The summed E-state index contributed by atoms with van der Waals surface area (Å²) < 4.78 is 27.4. The average Bonchev–Trinajstić information content (AvgIpc) is 2.75. The maximum Gasteiger partial charge on any atom is 0.264 e. The second-order valence-electron chi connectivity index (χ2n) is 6.47. The molecule has 0 unspecified atom stereocenters. The van der Waals surface area contributed by atoms with Gasteiger partial charge in [0.25, 0.3) is 15.9 Å². The van der Waals surface area contributed by atoms with Gasteiger partial charge in [0.15, 0.2) is 0 Å². The van der Waals surface area contributed by atoms with Crippen LogP contribution in [0.3, 0.4) is 0 Å². The molecule has 3 rings (SSSR count). The number of halogens is 1. The van der Waals surface area contributed by atoms with E-state index in [-0.39, 0.29) is 4.90 Å². The molecule has 0 fully saturated rings. The molecule has 154 valence electrons. The third kappa shape index (κ3) is 5.25. The van der Waals surface area contributed by atoms with Crippen LogP contribution in [0.15, 0.2) is 88.9 Å². The fourth-order valence-corrected chi connectivity index (χ4v) is 4.29. The highest BCUT2D eigenvalue weighted by Crippen LogP contribution is 2.23. The summed E-state index contributed by atoms with van der Waals surface area (Å²) in [5, 5.41) is 4.38. The van der Waals surface area contributed by atoms with Gasteiger partial charge in [0.05, 0.1) is 16.8 Å². The Hall–Kier alpha value is -3.16. The Bertz CT molecular complexity index is 1150. The third-order valence-electron chi connectivity index (χ3n) is 4.24. The van der Waals surface area contributed by atoms with Crippen LogP contribution in [-0.2, 0) is 14.8 Å². The van der Waals surface area contributed by atoms with E-state index in [0.29, 0.717) is 16.3 Å². The van der Waals surface area contributed by atoms with Crippen molar-refractivity contribution < 1.29 is 13.2 Å². The predicted molar refractivity (Wildman–Crippen MR) is 119 cm³/mol. The van der Waals surface area contributed by atoms with E-state index < -0.39 is 22.5 Å². The zero-order valence-electron chi connectivity index (χ0n) is 16.2. The normalized spacial score (nSPS) is 11.4. The van der Waals surface area contributed by atoms with Gasteiger partial charge in [-0.05, 0) is 37.3 Å². The van der Waals surface area contributed by atoms with Crippen molar-refractivity contribution in [2.75, 3.05) is 10.8 Å². The number of amides is 1. The highest BCUT2D eigenvalue weighted by Gasteiger charge is 2.26. The van der Waals surface area contributed by atoms with E-state index in [0.717, 1.165) is 9.87 Å². The molecule has 0 aromatic heterocycles. The fourth-order valence-electron chi connectivity index (χ4n) is 2.67. The van der Waals surface area contributed by atoms with Gasteiger partial charge < -0.3 is 0 Å². The van der Waals surface area contributed by atoms with Gasteiger partial charge in [0.2, 0.25) is 0 Å². The molecular weight excluding hydrogens is 422 g/mol. The summed E-state index contributed by atoms with van der Waals surface area (Å²) in [6, 6.07) is 21.9. The van der Waals surface area contributed by atoms with Crippen molar-refractivity contribution in [2.24, 2.45) is 5.10 Å². The predicted octanol–water partition coefficient (Wildman–Crippen LogP) is 3.99. The number of nitrogens with zero attached hydrogens (tertiary/aromatic N) is 2. The maximum absolute atomic E-state index is 13.2. The molecule has 8 heteroatoms. The summed E-state index contributed by atoms with van der Waals surface area (Å²) in [6.07, 6.45) is 1.40. The van der Waals surface area contributed by atoms with Crippen molar-refractivity contribution in [1.29, 1.82) is 0 Å². The van der Waals surface area contributed by atoms with Gasteiger partial charge in [-0.1, -0.05) is 65.7 Å². The Balaban J connectivity index is 1.83. The number of aryl methyl sites for hydroxylation is 1. The number of hydrogen-bond acceptors (Lipinski definition) is 4. The number of hydrogen-bond donors (Lipinski definition) is 1. The summed E-state index contributed by atoms with van der Waals surface area (Å²) in [5.74, 6) is -0.585. The molecule has 30 heavy (non-hydrogen) atoms. The number of carbonyl (C=O) groups is 1. The number of nitrogens with one attached hydrogen (secondary N) is 1. The molecule has 0 saturated carbocycles. The Labute approximate surface area is 180 Å². The first-order valence-electron chi connectivity index (χ1n) is 9.09. The lowest BCUT2D eigenvalue weighted by Crippen LogP contribution is -2.39. The largest absolute Gasteiger partial charge is 0.271 e.